The van der Waals surface area contributed by atoms with Gasteiger partial charge in [0.1, 0.15) is 17.4 Å². The second-order valence-corrected chi connectivity index (χ2v) is 5.65. The van der Waals surface area contributed by atoms with Gasteiger partial charge in [-0.25, -0.2) is 19.4 Å². The molecule has 0 fully saturated rings. The van der Waals surface area contributed by atoms with Gasteiger partial charge in [0, 0.05) is 43.3 Å². The van der Waals surface area contributed by atoms with Crippen LogP contribution in [0.15, 0.2) is 48.8 Å². The minimum Gasteiger partial charge on any atom is -0.497 e. The van der Waals surface area contributed by atoms with E-state index in [1.54, 1.807) is 36.2 Å². The third kappa shape index (κ3) is 5.18. The topological polar surface area (TPSA) is 106 Å². The molecule has 3 N–H and O–H groups in total. The summed E-state index contributed by atoms with van der Waals surface area (Å²) in [5.41, 5.74) is 0.662. The fourth-order valence-corrected chi connectivity index (χ4v) is 2.41. The van der Waals surface area contributed by atoms with Gasteiger partial charge in [0.05, 0.1) is 7.11 Å². The van der Waals surface area contributed by atoms with Crippen molar-refractivity contribution in [2.24, 2.45) is 0 Å². The molecule has 0 aliphatic carbocycles. The summed E-state index contributed by atoms with van der Waals surface area (Å²) >= 11 is 0. The maximum absolute atomic E-state index is 12.0. The van der Waals surface area contributed by atoms with Gasteiger partial charge in [-0.3, -0.25) is 0 Å². The fraction of sp³-hybridized carbons (Fsp3) is 0.222. The van der Waals surface area contributed by atoms with E-state index >= 15 is 0 Å². The molecule has 9 heteroatoms. The highest BCUT2D eigenvalue weighted by molar-refractivity contribution is 5.89. The SMILES string of the molecule is COc1cccc(NC(=O)NCCNc2cc(-n3cccn3)nc(C)n2)c1. The lowest BCUT2D eigenvalue weighted by molar-refractivity contribution is 0.252. The van der Waals surface area contributed by atoms with Crippen LogP contribution in [0.25, 0.3) is 5.82 Å². The quantitative estimate of drug-likeness (QED) is 0.553. The predicted octanol–water partition coefficient (Wildman–Crippen LogP) is 2.21. The smallest absolute Gasteiger partial charge is 0.319 e. The Morgan fingerprint density at radius 2 is 2.07 bits per heavy atom. The molecule has 2 aromatic heterocycles. The van der Waals surface area contributed by atoms with Crippen molar-refractivity contribution in [2.45, 2.75) is 6.92 Å². The molecule has 140 valence electrons. The Morgan fingerprint density at radius 1 is 1.19 bits per heavy atom. The highest BCUT2D eigenvalue weighted by atomic mass is 16.5. The largest absolute Gasteiger partial charge is 0.497 e. The van der Waals surface area contributed by atoms with Gasteiger partial charge >= 0.3 is 6.03 Å². The number of nitrogens with one attached hydrogen (secondary N) is 3. The van der Waals surface area contributed by atoms with E-state index in [0.717, 1.165) is 0 Å². The van der Waals surface area contributed by atoms with Crippen LogP contribution in [-0.4, -0.2) is 46.0 Å². The summed E-state index contributed by atoms with van der Waals surface area (Å²) < 4.78 is 6.80. The highest BCUT2D eigenvalue weighted by Gasteiger charge is 2.05. The lowest BCUT2D eigenvalue weighted by atomic mass is 10.3. The Bertz CT molecular complexity index is 896. The van der Waals surface area contributed by atoms with Gasteiger partial charge in [-0.2, -0.15) is 5.10 Å². The second-order valence-electron chi connectivity index (χ2n) is 5.65. The van der Waals surface area contributed by atoms with E-state index in [9.17, 15) is 4.79 Å². The maximum Gasteiger partial charge on any atom is 0.319 e. The van der Waals surface area contributed by atoms with Gasteiger partial charge in [0.2, 0.25) is 0 Å². The maximum atomic E-state index is 12.0. The summed E-state index contributed by atoms with van der Waals surface area (Å²) in [5, 5.41) is 12.9. The number of ether oxygens (including phenoxy) is 1. The molecule has 0 aliphatic heterocycles. The molecule has 9 nitrogen and oxygen atoms in total. The molecule has 0 aliphatic rings. The summed E-state index contributed by atoms with van der Waals surface area (Å²) in [6.45, 7) is 2.76. The van der Waals surface area contributed by atoms with Crippen molar-refractivity contribution in [3.05, 3.63) is 54.6 Å². The third-order valence-corrected chi connectivity index (χ3v) is 3.61. The van der Waals surface area contributed by atoms with Crippen LogP contribution in [0.4, 0.5) is 16.3 Å². The highest BCUT2D eigenvalue weighted by Crippen LogP contribution is 2.16. The Balaban J connectivity index is 1.48. The normalized spacial score (nSPS) is 10.3. The number of benzene rings is 1. The Kier molecular flexibility index (Phi) is 5.83. The number of methoxy groups -OCH3 is 1. The molecule has 3 rings (SSSR count). The first-order chi connectivity index (χ1) is 13.1. The third-order valence-electron chi connectivity index (χ3n) is 3.61. The molecule has 0 unspecified atom stereocenters. The van der Waals surface area contributed by atoms with E-state index < -0.39 is 0 Å². The van der Waals surface area contributed by atoms with Crippen molar-refractivity contribution in [1.82, 2.24) is 25.1 Å². The number of nitrogens with zero attached hydrogens (tertiary/aromatic N) is 4. The second kappa shape index (κ2) is 8.65. The summed E-state index contributed by atoms with van der Waals surface area (Å²) in [4.78, 5) is 20.7. The van der Waals surface area contributed by atoms with Crippen molar-refractivity contribution >= 4 is 17.5 Å². The molecule has 0 radical (unpaired) electrons. The first kappa shape index (κ1) is 18.2. The fourth-order valence-electron chi connectivity index (χ4n) is 2.41. The molecule has 0 saturated carbocycles. The number of anilines is 2. The Labute approximate surface area is 156 Å². The molecule has 3 aromatic rings. The predicted molar refractivity (Wildman–Crippen MR) is 102 cm³/mol. The van der Waals surface area contributed by atoms with Crippen LogP contribution in [0.1, 0.15) is 5.82 Å². The average Bonchev–Trinajstić information content (AvgIpc) is 3.20. The van der Waals surface area contributed by atoms with Crippen molar-refractivity contribution in [3.63, 3.8) is 0 Å². The minimum absolute atomic E-state index is 0.291. The molecular formula is C18H21N7O2. The molecule has 2 amide bonds. The number of aromatic nitrogens is 4. The van der Waals surface area contributed by atoms with Gasteiger partial charge in [-0.15, -0.1) is 0 Å². The van der Waals surface area contributed by atoms with Crippen molar-refractivity contribution < 1.29 is 9.53 Å². The lowest BCUT2D eigenvalue weighted by Crippen LogP contribution is -2.32. The number of aryl methyl sites for hydroxylation is 1. The summed E-state index contributed by atoms with van der Waals surface area (Å²) in [6.07, 6.45) is 3.51. The monoisotopic (exact) mass is 367 g/mol. The van der Waals surface area contributed by atoms with E-state index in [0.29, 0.717) is 42.0 Å². The number of urea groups is 1. The average molecular weight is 367 g/mol. The molecule has 27 heavy (non-hydrogen) atoms. The van der Waals surface area contributed by atoms with E-state index in [-0.39, 0.29) is 6.03 Å². The van der Waals surface area contributed by atoms with Gasteiger partial charge in [-0.1, -0.05) is 6.07 Å². The van der Waals surface area contributed by atoms with Crippen LogP contribution < -0.4 is 20.7 Å². The van der Waals surface area contributed by atoms with Gasteiger partial charge in [0.25, 0.3) is 0 Å². The molecule has 2 heterocycles. The molecule has 1 aromatic carbocycles. The van der Waals surface area contributed by atoms with Crippen molar-refractivity contribution in [2.75, 3.05) is 30.8 Å². The molecule has 0 saturated heterocycles. The van der Waals surface area contributed by atoms with Gasteiger partial charge < -0.3 is 20.7 Å². The van der Waals surface area contributed by atoms with E-state index in [4.69, 9.17) is 4.74 Å². The number of carbonyl (C=O) groups is 1. The van der Waals surface area contributed by atoms with Gasteiger partial charge in [-0.05, 0) is 25.1 Å². The molecule has 0 bridgehead atoms. The Hall–Kier alpha value is -3.62. The molecule has 0 spiro atoms. The van der Waals surface area contributed by atoms with Crippen LogP contribution in [0.3, 0.4) is 0 Å². The van der Waals surface area contributed by atoms with E-state index in [1.165, 1.54) is 0 Å². The lowest BCUT2D eigenvalue weighted by Gasteiger charge is -2.11. The van der Waals surface area contributed by atoms with Crippen LogP contribution >= 0.6 is 0 Å². The zero-order chi connectivity index (χ0) is 19.1. The number of hydrogen-bond acceptors (Lipinski definition) is 6. The Morgan fingerprint density at radius 3 is 2.85 bits per heavy atom. The van der Waals surface area contributed by atoms with Crippen LogP contribution in [0.2, 0.25) is 0 Å². The van der Waals surface area contributed by atoms with E-state index in [2.05, 4.69) is 31.0 Å². The number of carbonyl (C=O) groups excluding carboxylic acids is 1. The van der Waals surface area contributed by atoms with Crippen LogP contribution in [-0.2, 0) is 0 Å². The van der Waals surface area contributed by atoms with Crippen LogP contribution in [0.5, 0.6) is 5.75 Å². The standard InChI is InChI=1S/C18H21N7O2/c1-13-22-16(12-17(23-13)25-10-4-7-21-25)19-8-9-20-18(26)24-14-5-3-6-15(11-14)27-2/h3-7,10-12H,8-9H2,1-2H3,(H,19,22,23)(H2,20,24,26). The van der Waals surface area contributed by atoms with Crippen LogP contribution in [0, 0.1) is 6.92 Å². The van der Waals surface area contributed by atoms with Crippen molar-refractivity contribution in [3.8, 4) is 11.6 Å². The molecular weight excluding hydrogens is 346 g/mol. The minimum atomic E-state index is -0.291. The van der Waals surface area contributed by atoms with E-state index in [1.807, 2.05) is 31.3 Å². The first-order valence-electron chi connectivity index (χ1n) is 8.42. The van der Waals surface area contributed by atoms with Gasteiger partial charge in [0.15, 0.2) is 5.82 Å². The number of rotatable bonds is 7. The first-order valence-corrected chi connectivity index (χ1v) is 8.42. The van der Waals surface area contributed by atoms with Crippen molar-refractivity contribution in [1.29, 1.82) is 0 Å². The summed E-state index contributed by atoms with van der Waals surface area (Å²) in [6, 6.07) is 10.5. The zero-order valence-electron chi connectivity index (χ0n) is 15.1. The zero-order valence-corrected chi connectivity index (χ0v) is 15.1. The summed E-state index contributed by atoms with van der Waals surface area (Å²) in [5.74, 6) is 2.66. The number of hydrogen-bond donors (Lipinski definition) is 3. The number of amides is 2. The molecule has 0 atom stereocenters. The summed E-state index contributed by atoms with van der Waals surface area (Å²) in [7, 11) is 1.58.